The number of hydrogen-bond donors (Lipinski definition) is 1. The number of rotatable bonds is 2. The predicted octanol–water partition coefficient (Wildman–Crippen LogP) is 2.12. The molecule has 1 rings (SSSR count). The molecule has 0 unspecified atom stereocenters. The Hall–Kier alpha value is -0.540. The van der Waals surface area contributed by atoms with Crippen molar-refractivity contribution in [1.29, 1.82) is 0 Å². The van der Waals surface area contributed by atoms with E-state index in [1.165, 1.54) is 4.88 Å². The Labute approximate surface area is 64.6 Å². The van der Waals surface area contributed by atoms with E-state index in [2.05, 4.69) is 18.7 Å². The molecule has 0 atom stereocenters. The van der Waals surface area contributed by atoms with E-state index in [1.807, 2.05) is 12.1 Å². The van der Waals surface area contributed by atoms with Crippen LogP contribution in [-0.2, 0) is 0 Å². The summed E-state index contributed by atoms with van der Waals surface area (Å²) >= 11 is 1.59. The molecule has 0 radical (unpaired) electrons. The summed E-state index contributed by atoms with van der Waals surface area (Å²) in [5.41, 5.74) is 0. The van der Waals surface area contributed by atoms with Crippen molar-refractivity contribution in [2.45, 2.75) is 19.8 Å². The van der Waals surface area contributed by atoms with Gasteiger partial charge in [-0.2, -0.15) is 5.90 Å². The summed E-state index contributed by atoms with van der Waals surface area (Å²) < 4.78 is 0. The van der Waals surface area contributed by atoms with E-state index in [0.29, 0.717) is 5.92 Å². The van der Waals surface area contributed by atoms with E-state index in [9.17, 15) is 0 Å². The molecule has 0 fully saturated rings. The van der Waals surface area contributed by atoms with E-state index < -0.39 is 0 Å². The summed E-state index contributed by atoms with van der Waals surface area (Å²) in [6.45, 7) is 4.29. The Balaban J connectivity index is 2.78. The summed E-state index contributed by atoms with van der Waals surface area (Å²) in [6, 6.07) is 3.93. The molecule has 10 heavy (non-hydrogen) atoms. The number of thiophene rings is 1. The van der Waals surface area contributed by atoms with Crippen LogP contribution in [-0.4, -0.2) is 0 Å². The van der Waals surface area contributed by atoms with Crippen LogP contribution in [0.2, 0.25) is 0 Å². The predicted molar refractivity (Wildman–Crippen MR) is 43.2 cm³/mol. The zero-order valence-electron chi connectivity index (χ0n) is 6.13. The lowest BCUT2D eigenvalue weighted by Crippen LogP contribution is -1.98. The Morgan fingerprint density at radius 2 is 2.20 bits per heavy atom. The van der Waals surface area contributed by atoms with Crippen molar-refractivity contribution in [3.8, 4) is 5.06 Å². The number of nitrogens with two attached hydrogens (primary N) is 1. The summed E-state index contributed by atoms with van der Waals surface area (Å²) in [5, 5.41) is 0.781. The molecule has 2 N–H and O–H groups in total. The molecular weight excluding hydrogens is 146 g/mol. The molecule has 56 valence electrons. The van der Waals surface area contributed by atoms with E-state index in [-0.39, 0.29) is 0 Å². The third-order valence-electron chi connectivity index (χ3n) is 1.29. The van der Waals surface area contributed by atoms with Gasteiger partial charge in [-0.05, 0) is 18.1 Å². The zero-order valence-corrected chi connectivity index (χ0v) is 6.94. The Kier molecular flexibility index (Phi) is 2.29. The van der Waals surface area contributed by atoms with Crippen molar-refractivity contribution >= 4 is 11.3 Å². The topological polar surface area (TPSA) is 35.2 Å². The van der Waals surface area contributed by atoms with Gasteiger partial charge >= 0.3 is 0 Å². The van der Waals surface area contributed by atoms with Crippen molar-refractivity contribution in [2.24, 2.45) is 5.90 Å². The van der Waals surface area contributed by atoms with Crippen LogP contribution < -0.4 is 10.7 Å². The minimum absolute atomic E-state index is 0.564. The summed E-state index contributed by atoms with van der Waals surface area (Å²) in [4.78, 5) is 5.87. The monoisotopic (exact) mass is 157 g/mol. The third-order valence-corrected chi connectivity index (χ3v) is 2.56. The number of hydrogen-bond acceptors (Lipinski definition) is 3. The fourth-order valence-electron chi connectivity index (χ4n) is 0.708. The molecule has 0 spiro atoms. The van der Waals surface area contributed by atoms with Gasteiger partial charge in [0, 0.05) is 4.88 Å². The van der Waals surface area contributed by atoms with Crippen LogP contribution in [0.25, 0.3) is 0 Å². The summed E-state index contributed by atoms with van der Waals surface area (Å²) in [6.07, 6.45) is 0. The molecular formula is C7H11NOS. The van der Waals surface area contributed by atoms with Gasteiger partial charge in [-0.1, -0.05) is 13.8 Å². The minimum Gasteiger partial charge on any atom is -0.401 e. The standard InChI is InChI=1S/C7H11NOS/c1-5(2)6-3-4-7(9-8)10-6/h3-5H,8H2,1-2H3. The highest BCUT2D eigenvalue weighted by Crippen LogP contribution is 2.28. The fraction of sp³-hybridized carbons (Fsp3) is 0.429. The Bertz CT molecular complexity index is 207. The van der Waals surface area contributed by atoms with E-state index >= 15 is 0 Å². The van der Waals surface area contributed by atoms with Gasteiger partial charge in [0.05, 0.1) is 0 Å². The minimum atomic E-state index is 0.564. The third kappa shape index (κ3) is 1.49. The van der Waals surface area contributed by atoms with Crippen molar-refractivity contribution < 1.29 is 4.84 Å². The largest absolute Gasteiger partial charge is 0.401 e. The average molecular weight is 157 g/mol. The van der Waals surface area contributed by atoms with Crippen LogP contribution in [0.4, 0.5) is 0 Å². The second kappa shape index (κ2) is 3.03. The zero-order chi connectivity index (χ0) is 7.56. The van der Waals surface area contributed by atoms with Crippen molar-refractivity contribution in [3.05, 3.63) is 17.0 Å². The summed E-state index contributed by atoms with van der Waals surface area (Å²) in [5.74, 6) is 5.54. The van der Waals surface area contributed by atoms with Gasteiger partial charge in [0.25, 0.3) is 0 Å². The molecule has 2 nitrogen and oxygen atoms in total. The van der Waals surface area contributed by atoms with Crippen molar-refractivity contribution in [1.82, 2.24) is 0 Å². The highest BCUT2D eigenvalue weighted by molar-refractivity contribution is 7.13. The second-order valence-corrected chi connectivity index (χ2v) is 3.51. The SMILES string of the molecule is CC(C)c1ccc(ON)s1. The lowest BCUT2D eigenvalue weighted by Gasteiger charge is -1.96. The molecule has 0 aliphatic rings. The highest BCUT2D eigenvalue weighted by Gasteiger charge is 2.02. The molecule has 0 saturated heterocycles. The Morgan fingerprint density at radius 1 is 1.50 bits per heavy atom. The second-order valence-electron chi connectivity index (χ2n) is 2.43. The smallest absolute Gasteiger partial charge is 0.200 e. The maximum atomic E-state index is 4.97. The van der Waals surface area contributed by atoms with Gasteiger partial charge < -0.3 is 4.84 Å². The molecule has 1 aromatic rings. The van der Waals surface area contributed by atoms with Crippen LogP contribution in [0.3, 0.4) is 0 Å². The van der Waals surface area contributed by atoms with Gasteiger partial charge in [0.2, 0.25) is 5.06 Å². The van der Waals surface area contributed by atoms with Gasteiger partial charge in [0.15, 0.2) is 0 Å². The lowest BCUT2D eigenvalue weighted by atomic mass is 10.2. The quantitative estimate of drug-likeness (QED) is 0.667. The van der Waals surface area contributed by atoms with Crippen LogP contribution in [0.1, 0.15) is 24.6 Å². The first-order valence-electron chi connectivity index (χ1n) is 3.20. The van der Waals surface area contributed by atoms with Crippen molar-refractivity contribution in [2.75, 3.05) is 0 Å². The van der Waals surface area contributed by atoms with E-state index in [4.69, 9.17) is 5.90 Å². The first-order valence-corrected chi connectivity index (χ1v) is 4.02. The highest BCUT2D eigenvalue weighted by atomic mass is 32.1. The van der Waals surface area contributed by atoms with Gasteiger partial charge in [-0.15, -0.1) is 11.3 Å². The molecule has 1 aromatic heterocycles. The van der Waals surface area contributed by atoms with Crippen LogP contribution in [0.5, 0.6) is 5.06 Å². The average Bonchev–Trinajstić information content (AvgIpc) is 2.34. The maximum Gasteiger partial charge on any atom is 0.200 e. The Morgan fingerprint density at radius 3 is 2.50 bits per heavy atom. The molecule has 0 aromatic carbocycles. The van der Waals surface area contributed by atoms with Crippen LogP contribution >= 0.6 is 11.3 Å². The van der Waals surface area contributed by atoms with E-state index in [0.717, 1.165) is 5.06 Å². The molecule has 0 amide bonds. The van der Waals surface area contributed by atoms with Crippen LogP contribution in [0.15, 0.2) is 12.1 Å². The molecule has 3 heteroatoms. The van der Waals surface area contributed by atoms with E-state index in [1.54, 1.807) is 11.3 Å². The molecule has 0 bridgehead atoms. The molecule has 0 aliphatic heterocycles. The van der Waals surface area contributed by atoms with Gasteiger partial charge in [-0.3, -0.25) is 0 Å². The fourth-order valence-corrected chi connectivity index (χ4v) is 1.50. The van der Waals surface area contributed by atoms with Gasteiger partial charge in [-0.25, -0.2) is 0 Å². The first kappa shape index (κ1) is 7.57. The molecule has 0 saturated carbocycles. The maximum absolute atomic E-state index is 4.97. The molecule has 1 heterocycles. The summed E-state index contributed by atoms with van der Waals surface area (Å²) in [7, 11) is 0. The van der Waals surface area contributed by atoms with Crippen LogP contribution in [0, 0.1) is 0 Å². The normalized spacial score (nSPS) is 10.4. The molecule has 0 aliphatic carbocycles. The first-order chi connectivity index (χ1) is 4.74. The van der Waals surface area contributed by atoms with Crippen molar-refractivity contribution in [3.63, 3.8) is 0 Å². The van der Waals surface area contributed by atoms with Gasteiger partial charge in [0.1, 0.15) is 0 Å². The lowest BCUT2D eigenvalue weighted by molar-refractivity contribution is 0.345.